The van der Waals surface area contributed by atoms with E-state index in [9.17, 15) is 19.2 Å². The van der Waals surface area contributed by atoms with Gasteiger partial charge in [0.05, 0.1) is 19.5 Å². The molecule has 0 aliphatic rings. The quantitative estimate of drug-likeness (QED) is 0.296. The van der Waals surface area contributed by atoms with E-state index in [4.69, 9.17) is 15.2 Å². The minimum atomic E-state index is -0.917. The van der Waals surface area contributed by atoms with E-state index >= 15 is 0 Å². The van der Waals surface area contributed by atoms with Gasteiger partial charge in [0.15, 0.2) is 0 Å². The molecular weight excluding hydrogens is 454 g/mol. The monoisotopic (exact) mass is 487 g/mol. The van der Waals surface area contributed by atoms with Crippen LogP contribution >= 0.6 is 0 Å². The summed E-state index contributed by atoms with van der Waals surface area (Å²) in [6, 6.07) is 4.30. The number of hydrogen-bond acceptors (Lipinski definition) is 8. The van der Waals surface area contributed by atoms with Crippen LogP contribution in [0.5, 0.6) is 5.75 Å². The molecule has 0 radical (unpaired) electrons. The van der Waals surface area contributed by atoms with E-state index in [1.165, 1.54) is 49.5 Å². The predicted molar refractivity (Wildman–Crippen MR) is 127 cm³/mol. The number of ether oxygens (including phenoxy) is 2. The lowest BCUT2D eigenvalue weighted by molar-refractivity contribution is -0.154. The number of rotatable bonds is 12. The number of carbonyl (C=O) groups is 4. The standard InChI is InChI=1S/C24H33N5O6/c1-15(2)11-21(24(33)34-4)29(23(32)20(25)12-18-13-26-14-28-18)10-9-27-22(31)17-5-7-19(8-6-17)35-16(3)30/h5-8,13-15,20-21H,9-12,25H2,1-4H3,(H,26,28)(H,27,31)/t20-,21-/m0/s1. The molecule has 0 spiro atoms. The molecule has 2 amide bonds. The third-order valence-electron chi connectivity index (χ3n) is 5.16. The molecule has 0 aliphatic heterocycles. The van der Waals surface area contributed by atoms with Crippen LogP contribution < -0.4 is 15.8 Å². The van der Waals surface area contributed by atoms with Gasteiger partial charge in [-0.15, -0.1) is 0 Å². The highest BCUT2D eigenvalue weighted by Crippen LogP contribution is 2.16. The lowest BCUT2D eigenvalue weighted by Crippen LogP contribution is -2.54. The minimum absolute atomic E-state index is 0.0548. The Morgan fingerprint density at radius 3 is 2.40 bits per heavy atom. The van der Waals surface area contributed by atoms with Crippen molar-refractivity contribution < 1.29 is 28.7 Å². The zero-order valence-electron chi connectivity index (χ0n) is 20.4. The Kier molecular flexibility index (Phi) is 10.4. The van der Waals surface area contributed by atoms with Crippen molar-refractivity contribution in [2.24, 2.45) is 11.7 Å². The van der Waals surface area contributed by atoms with Crippen molar-refractivity contribution in [3.63, 3.8) is 0 Å². The van der Waals surface area contributed by atoms with Gasteiger partial charge in [0.25, 0.3) is 5.91 Å². The molecule has 4 N–H and O–H groups in total. The molecule has 0 fully saturated rings. The van der Waals surface area contributed by atoms with E-state index in [0.717, 1.165) is 0 Å². The first kappa shape index (κ1) is 27.5. The third-order valence-corrected chi connectivity index (χ3v) is 5.16. The number of H-pyrrole nitrogens is 1. The molecule has 0 bridgehead atoms. The number of carbonyl (C=O) groups excluding carboxylic acids is 4. The second-order valence-electron chi connectivity index (χ2n) is 8.46. The zero-order chi connectivity index (χ0) is 26.0. The number of aromatic nitrogens is 2. The predicted octanol–water partition coefficient (Wildman–Crippen LogP) is 1.05. The molecule has 1 aromatic heterocycles. The molecule has 2 aromatic rings. The lowest BCUT2D eigenvalue weighted by atomic mass is 10.0. The SMILES string of the molecule is COC(=O)[C@H](CC(C)C)N(CCNC(=O)c1ccc(OC(C)=O)cc1)C(=O)[C@@H](N)Cc1cnc[nH]1. The topological polar surface area (TPSA) is 157 Å². The van der Waals surface area contributed by atoms with Gasteiger partial charge in [-0.25, -0.2) is 9.78 Å². The molecule has 0 saturated heterocycles. The Balaban J connectivity index is 2.11. The summed E-state index contributed by atoms with van der Waals surface area (Å²) in [4.78, 5) is 57.7. The summed E-state index contributed by atoms with van der Waals surface area (Å²) in [7, 11) is 1.27. The minimum Gasteiger partial charge on any atom is -0.467 e. The molecule has 35 heavy (non-hydrogen) atoms. The molecule has 0 unspecified atom stereocenters. The second kappa shape index (κ2) is 13.2. The normalized spacial score (nSPS) is 12.5. The van der Waals surface area contributed by atoms with Gasteiger partial charge >= 0.3 is 11.9 Å². The van der Waals surface area contributed by atoms with E-state index in [-0.39, 0.29) is 31.3 Å². The fourth-order valence-electron chi connectivity index (χ4n) is 3.52. The first-order valence-electron chi connectivity index (χ1n) is 11.3. The Morgan fingerprint density at radius 2 is 1.86 bits per heavy atom. The molecule has 0 saturated carbocycles. The number of methoxy groups -OCH3 is 1. The van der Waals surface area contributed by atoms with Crippen molar-refractivity contribution in [1.29, 1.82) is 0 Å². The molecule has 11 heteroatoms. The number of nitrogens with two attached hydrogens (primary N) is 1. The zero-order valence-corrected chi connectivity index (χ0v) is 20.4. The molecule has 2 atom stereocenters. The van der Waals surface area contributed by atoms with Crippen LogP contribution in [0.3, 0.4) is 0 Å². The molecule has 1 heterocycles. The Morgan fingerprint density at radius 1 is 1.17 bits per heavy atom. The van der Waals surface area contributed by atoms with E-state index in [1.54, 1.807) is 6.20 Å². The number of nitrogens with one attached hydrogen (secondary N) is 2. The maximum absolute atomic E-state index is 13.3. The second-order valence-corrected chi connectivity index (χ2v) is 8.46. The summed E-state index contributed by atoms with van der Waals surface area (Å²) in [6.45, 7) is 5.29. The van der Waals surface area contributed by atoms with Crippen LogP contribution in [0, 0.1) is 5.92 Å². The fourth-order valence-corrected chi connectivity index (χ4v) is 3.52. The van der Waals surface area contributed by atoms with Crippen molar-refractivity contribution >= 4 is 23.8 Å². The summed E-state index contributed by atoms with van der Waals surface area (Å²) >= 11 is 0. The van der Waals surface area contributed by atoms with Crippen LogP contribution in [-0.4, -0.2) is 70.9 Å². The lowest BCUT2D eigenvalue weighted by Gasteiger charge is -2.33. The van der Waals surface area contributed by atoms with Gasteiger partial charge in [-0.3, -0.25) is 14.4 Å². The molecule has 2 rings (SSSR count). The maximum atomic E-state index is 13.3. The highest BCUT2D eigenvalue weighted by Gasteiger charge is 2.33. The molecule has 11 nitrogen and oxygen atoms in total. The number of esters is 2. The maximum Gasteiger partial charge on any atom is 0.328 e. The van der Waals surface area contributed by atoms with Gasteiger partial charge in [0.1, 0.15) is 11.8 Å². The number of imidazole rings is 1. The average Bonchev–Trinajstić information content (AvgIpc) is 3.32. The Bertz CT molecular complexity index is 990. The van der Waals surface area contributed by atoms with Crippen molar-refractivity contribution in [3.8, 4) is 5.75 Å². The Labute approximate surface area is 204 Å². The summed E-state index contributed by atoms with van der Waals surface area (Å²) in [5.41, 5.74) is 7.21. The number of benzene rings is 1. The molecule has 1 aromatic carbocycles. The number of nitrogens with zero attached hydrogens (tertiary/aromatic N) is 2. The van der Waals surface area contributed by atoms with Gasteiger partial charge in [0, 0.05) is 43.9 Å². The van der Waals surface area contributed by atoms with Gasteiger partial charge in [-0.2, -0.15) is 0 Å². The van der Waals surface area contributed by atoms with E-state index < -0.39 is 29.9 Å². The first-order chi connectivity index (χ1) is 16.6. The summed E-state index contributed by atoms with van der Waals surface area (Å²) in [5.74, 6) is -1.40. The highest BCUT2D eigenvalue weighted by molar-refractivity contribution is 5.94. The fraction of sp³-hybridized carbons (Fsp3) is 0.458. The summed E-state index contributed by atoms with van der Waals surface area (Å²) in [6.07, 6.45) is 3.66. The number of hydrogen-bond donors (Lipinski definition) is 3. The van der Waals surface area contributed by atoms with Crippen molar-refractivity contribution in [2.45, 2.75) is 45.7 Å². The van der Waals surface area contributed by atoms with E-state index in [0.29, 0.717) is 23.4 Å². The smallest absolute Gasteiger partial charge is 0.328 e. The highest BCUT2D eigenvalue weighted by atomic mass is 16.5. The van der Waals surface area contributed by atoms with Crippen LogP contribution in [0.25, 0.3) is 0 Å². The van der Waals surface area contributed by atoms with Gasteiger partial charge in [-0.1, -0.05) is 13.8 Å². The molecule has 190 valence electrons. The summed E-state index contributed by atoms with van der Waals surface area (Å²) < 4.78 is 9.91. The largest absolute Gasteiger partial charge is 0.467 e. The third kappa shape index (κ3) is 8.53. The van der Waals surface area contributed by atoms with Crippen molar-refractivity contribution in [1.82, 2.24) is 20.2 Å². The number of aromatic amines is 1. The van der Waals surface area contributed by atoms with E-state index in [2.05, 4.69) is 15.3 Å². The summed E-state index contributed by atoms with van der Waals surface area (Å²) in [5, 5.41) is 2.74. The molecule has 0 aliphatic carbocycles. The van der Waals surface area contributed by atoms with Crippen LogP contribution in [0.2, 0.25) is 0 Å². The Hall–Kier alpha value is -3.73. The van der Waals surface area contributed by atoms with Crippen LogP contribution in [0.15, 0.2) is 36.8 Å². The van der Waals surface area contributed by atoms with Crippen molar-refractivity contribution in [2.75, 3.05) is 20.2 Å². The van der Waals surface area contributed by atoms with Gasteiger partial charge in [0.2, 0.25) is 5.91 Å². The van der Waals surface area contributed by atoms with Gasteiger partial charge < -0.3 is 30.4 Å². The van der Waals surface area contributed by atoms with Crippen LogP contribution in [0.4, 0.5) is 0 Å². The first-order valence-corrected chi connectivity index (χ1v) is 11.3. The van der Waals surface area contributed by atoms with Crippen molar-refractivity contribution in [3.05, 3.63) is 48.0 Å². The average molecular weight is 488 g/mol. The van der Waals surface area contributed by atoms with E-state index in [1.807, 2.05) is 13.8 Å². The number of amides is 2. The van der Waals surface area contributed by atoms with Crippen LogP contribution in [-0.2, 0) is 25.5 Å². The van der Waals surface area contributed by atoms with Crippen LogP contribution in [0.1, 0.15) is 43.2 Å². The van der Waals surface area contributed by atoms with Gasteiger partial charge in [-0.05, 0) is 36.6 Å². The molecular formula is C24H33N5O6.